The van der Waals surface area contributed by atoms with Gasteiger partial charge in [0.05, 0.1) is 29.2 Å². The van der Waals surface area contributed by atoms with Crippen molar-refractivity contribution in [3.05, 3.63) is 47.5 Å². The molecule has 24 heavy (non-hydrogen) atoms. The van der Waals surface area contributed by atoms with Crippen molar-refractivity contribution in [1.82, 2.24) is 20.4 Å². The van der Waals surface area contributed by atoms with Crippen LogP contribution in [0.4, 0.5) is 4.39 Å². The molecule has 128 valence electrons. The lowest BCUT2D eigenvalue weighted by Crippen LogP contribution is -2.34. The number of benzene rings is 1. The molecule has 1 aliphatic rings. The average Bonchev–Trinajstić information content (AvgIpc) is 3.19. The Balaban J connectivity index is 1.75. The summed E-state index contributed by atoms with van der Waals surface area (Å²) in [6.07, 6.45) is 1.71. The molecule has 2 heterocycles. The Labute approximate surface area is 139 Å². The topological polar surface area (TPSA) is 79.2 Å². The molecule has 0 radical (unpaired) electrons. The fraction of sp³-hybridized carbons (Fsp3) is 0.412. The van der Waals surface area contributed by atoms with Crippen LogP contribution >= 0.6 is 0 Å². The highest BCUT2D eigenvalue weighted by Crippen LogP contribution is 2.17. The molecule has 2 atom stereocenters. The van der Waals surface area contributed by atoms with E-state index in [4.69, 9.17) is 0 Å². The Morgan fingerprint density at radius 3 is 2.79 bits per heavy atom. The maximum Gasteiger partial charge on any atom is 0.254 e. The second-order valence-electron chi connectivity index (χ2n) is 5.94. The molecule has 1 aromatic carbocycles. The van der Waals surface area contributed by atoms with E-state index in [2.05, 4.69) is 15.7 Å². The lowest BCUT2D eigenvalue weighted by molar-refractivity contribution is 0.0926. The van der Waals surface area contributed by atoms with Gasteiger partial charge >= 0.3 is 0 Å². The van der Waals surface area contributed by atoms with Gasteiger partial charge in [-0.1, -0.05) is 6.92 Å². The van der Waals surface area contributed by atoms with Gasteiger partial charge in [0.15, 0.2) is 0 Å². The van der Waals surface area contributed by atoms with Crippen molar-refractivity contribution in [2.24, 2.45) is 5.92 Å². The van der Waals surface area contributed by atoms with Gasteiger partial charge in [0.25, 0.3) is 5.91 Å². The monoisotopic (exact) mass is 332 g/mol. The van der Waals surface area contributed by atoms with Gasteiger partial charge in [-0.2, -0.15) is 5.10 Å². The van der Waals surface area contributed by atoms with Crippen LogP contribution in [-0.2, 0) is 6.42 Å². The van der Waals surface area contributed by atoms with Crippen molar-refractivity contribution in [2.45, 2.75) is 19.4 Å². The van der Waals surface area contributed by atoms with Crippen LogP contribution in [0.2, 0.25) is 0 Å². The van der Waals surface area contributed by atoms with E-state index in [1.807, 2.05) is 6.92 Å². The Bertz CT molecular complexity index is 714. The average molecular weight is 332 g/mol. The second-order valence-corrected chi connectivity index (χ2v) is 5.94. The van der Waals surface area contributed by atoms with Crippen LogP contribution < -0.4 is 10.6 Å². The third-order valence-corrected chi connectivity index (χ3v) is 4.35. The number of halogens is 1. The van der Waals surface area contributed by atoms with Gasteiger partial charge in [-0.25, -0.2) is 9.07 Å². The van der Waals surface area contributed by atoms with E-state index in [0.717, 1.165) is 5.69 Å². The molecular weight excluding hydrogens is 311 g/mol. The van der Waals surface area contributed by atoms with E-state index < -0.39 is 6.10 Å². The predicted molar refractivity (Wildman–Crippen MR) is 87.6 cm³/mol. The van der Waals surface area contributed by atoms with E-state index >= 15 is 0 Å². The summed E-state index contributed by atoms with van der Waals surface area (Å²) in [6.45, 7) is 3.61. The molecule has 3 rings (SSSR count). The molecule has 0 saturated carbocycles. The molecule has 6 nitrogen and oxygen atoms in total. The molecule has 1 aliphatic heterocycles. The fourth-order valence-corrected chi connectivity index (χ4v) is 2.96. The molecule has 0 spiro atoms. The minimum absolute atomic E-state index is 0.0196. The van der Waals surface area contributed by atoms with E-state index in [9.17, 15) is 14.3 Å². The molecule has 3 N–H and O–H groups in total. The Morgan fingerprint density at radius 2 is 2.17 bits per heavy atom. The lowest BCUT2D eigenvalue weighted by Gasteiger charge is -2.14. The summed E-state index contributed by atoms with van der Waals surface area (Å²) in [4.78, 5) is 12.5. The van der Waals surface area contributed by atoms with Crippen molar-refractivity contribution >= 4 is 5.91 Å². The Morgan fingerprint density at radius 1 is 1.42 bits per heavy atom. The smallest absolute Gasteiger partial charge is 0.254 e. The Hall–Kier alpha value is -2.25. The summed E-state index contributed by atoms with van der Waals surface area (Å²) in [5.74, 6) is -0.504. The molecule has 2 aromatic rings. The maximum atomic E-state index is 13.1. The number of carbonyl (C=O) groups excluding carboxylic acids is 1. The van der Waals surface area contributed by atoms with Crippen LogP contribution in [0.25, 0.3) is 5.69 Å². The minimum atomic E-state index is -0.433. The molecule has 0 aliphatic carbocycles. The molecule has 1 fully saturated rings. The van der Waals surface area contributed by atoms with Crippen molar-refractivity contribution in [3.63, 3.8) is 0 Å². The molecule has 0 bridgehead atoms. The molecule has 1 amide bonds. The van der Waals surface area contributed by atoms with E-state index in [1.54, 1.807) is 16.8 Å². The van der Waals surface area contributed by atoms with Crippen LogP contribution in [0.5, 0.6) is 0 Å². The first-order valence-electron chi connectivity index (χ1n) is 8.10. The zero-order valence-corrected chi connectivity index (χ0v) is 13.5. The van der Waals surface area contributed by atoms with Crippen LogP contribution in [0.15, 0.2) is 30.5 Å². The van der Waals surface area contributed by atoms with Gasteiger partial charge in [-0.15, -0.1) is 0 Å². The standard InChI is InChI=1S/C17H21FN4O2/c1-2-15-14(17(24)20-8-11-7-19-10-16(11)23)9-21-22(15)13-5-3-12(18)4-6-13/h3-6,9,11,16,19,23H,2,7-8,10H2,1H3,(H,20,24). The first-order valence-corrected chi connectivity index (χ1v) is 8.10. The third kappa shape index (κ3) is 3.32. The lowest BCUT2D eigenvalue weighted by atomic mass is 10.1. The number of aromatic nitrogens is 2. The number of carbonyl (C=O) groups is 1. The second kappa shape index (κ2) is 7.11. The fourth-order valence-electron chi connectivity index (χ4n) is 2.96. The maximum absolute atomic E-state index is 13.1. The van der Waals surface area contributed by atoms with E-state index in [0.29, 0.717) is 37.3 Å². The number of aliphatic hydroxyl groups is 1. The van der Waals surface area contributed by atoms with Gasteiger partial charge in [0.2, 0.25) is 0 Å². The SMILES string of the molecule is CCc1c(C(=O)NCC2CNCC2O)cnn1-c1ccc(F)cc1. The van der Waals surface area contributed by atoms with Gasteiger partial charge in [-0.05, 0) is 30.7 Å². The largest absolute Gasteiger partial charge is 0.391 e. The first kappa shape index (κ1) is 16.6. The number of nitrogens with zero attached hydrogens (tertiary/aromatic N) is 2. The number of hydrogen-bond acceptors (Lipinski definition) is 4. The van der Waals surface area contributed by atoms with Crippen molar-refractivity contribution in [1.29, 1.82) is 0 Å². The number of aliphatic hydroxyl groups excluding tert-OH is 1. The summed E-state index contributed by atoms with van der Waals surface area (Å²) in [6, 6.07) is 5.99. The van der Waals surface area contributed by atoms with E-state index in [1.165, 1.54) is 18.3 Å². The van der Waals surface area contributed by atoms with Gasteiger partial charge in [0, 0.05) is 25.6 Å². The minimum Gasteiger partial charge on any atom is -0.391 e. The molecule has 7 heteroatoms. The molecule has 1 aromatic heterocycles. The van der Waals surface area contributed by atoms with Crippen LogP contribution in [0, 0.1) is 11.7 Å². The normalized spacial score (nSPS) is 20.3. The molecule has 1 saturated heterocycles. The highest BCUT2D eigenvalue weighted by Gasteiger charge is 2.26. The summed E-state index contributed by atoms with van der Waals surface area (Å²) in [5.41, 5.74) is 1.98. The first-order chi connectivity index (χ1) is 11.6. The summed E-state index contributed by atoms with van der Waals surface area (Å²) in [5, 5.41) is 20.0. The number of rotatable bonds is 5. The number of hydrogen-bond donors (Lipinski definition) is 3. The van der Waals surface area contributed by atoms with Gasteiger partial charge in [0.1, 0.15) is 5.82 Å². The van der Waals surface area contributed by atoms with E-state index in [-0.39, 0.29) is 17.6 Å². The number of amides is 1. The summed E-state index contributed by atoms with van der Waals surface area (Å²) >= 11 is 0. The van der Waals surface area contributed by atoms with Crippen molar-refractivity contribution in [3.8, 4) is 5.69 Å². The number of β-amino-alcohol motifs (C(OH)–C–C–N with tert-alkyl or cyclic N) is 1. The van der Waals surface area contributed by atoms with Gasteiger partial charge in [-0.3, -0.25) is 4.79 Å². The summed E-state index contributed by atoms with van der Waals surface area (Å²) < 4.78 is 14.7. The highest BCUT2D eigenvalue weighted by atomic mass is 19.1. The van der Waals surface area contributed by atoms with Crippen LogP contribution in [-0.4, -0.2) is 46.5 Å². The van der Waals surface area contributed by atoms with Gasteiger partial charge < -0.3 is 15.7 Å². The van der Waals surface area contributed by atoms with Crippen LogP contribution in [0.1, 0.15) is 23.0 Å². The summed E-state index contributed by atoms with van der Waals surface area (Å²) in [7, 11) is 0. The highest BCUT2D eigenvalue weighted by molar-refractivity contribution is 5.95. The third-order valence-electron chi connectivity index (χ3n) is 4.35. The predicted octanol–water partition coefficient (Wildman–Crippen LogP) is 0.884. The molecular formula is C17H21FN4O2. The molecule has 2 unspecified atom stereocenters. The van der Waals surface area contributed by atoms with Crippen LogP contribution in [0.3, 0.4) is 0 Å². The zero-order chi connectivity index (χ0) is 17.1. The van der Waals surface area contributed by atoms with Crippen molar-refractivity contribution < 1.29 is 14.3 Å². The van der Waals surface area contributed by atoms with Crippen molar-refractivity contribution in [2.75, 3.05) is 19.6 Å². The number of nitrogens with one attached hydrogen (secondary N) is 2. The quantitative estimate of drug-likeness (QED) is 0.760. The Kier molecular flexibility index (Phi) is 4.92. The zero-order valence-electron chi connectivity index (χ0n) is 13.5.